The summed E-state index contributed by atoms with van der Waals surface area (Å²) >= 11 is 0.907. The number of hydrogen-bond donors (Lipinski definition) is 4. The maximum atomic E-state index is 12.0. The van der Waals surface area contributed by atoms with E-state index >= 15 is 0 Å². The van der Waals surface area contributed by atoms with E-state index in [2.05, 4.69) is 20.4 Å². The number of carboxylic acid groups (broad SMARTS) is 2. The van der Waals surface area contributed by atoms with E-state index in [9.17, 15) is 24.3 Å². The fourth-order valence-corrected chi connectivity index (χ4v) is 2.72. The van der Waals surface area contributed by atoms with E-state index < -0.39 is 41.7 Å². The number of amides is 1. The summed E-state index contributed by atoms with van der Waals surface area (Å²) in [6, 6.07) is 0. The number of thiazole rings is 1. The number of ether oxygens (including phenoxy) is 2. The number of methoxy groups -OCH3 is 1. The molecule has 0 aliphatic rings. The molecule has 0 saturated carbocycles. The molecule has 1 heterocycles. The molecule has 11 nitrogen and oxygen atoms in total. The van der Waals surface area contributed by atoms with Gasteiger partial charge in [-0.05, 0) is 13.8 Å². The first kappa shape index (κ1) is 21.5. The van der Waals surface area contributed by atoms with Gasteiger partial charge in [-0.1, -0.05) is 0 Å². The van der Waals surface area contributed by atoms with Crippen LogP contribution in [0.15, 0.2) is 5.38 Å². The number of hydrogen-bond acceptors (Lipinski definition) is 9. The molecule has 0 fully saturated rings. The number of rotatable bonds is 9. The maximum absolute atomic E-state index is 12.0. The Hall–Kier alpha value is -2.57. The average Bonchev–Trinajstić information content (AvgIpc) is 2.98. The largest absolute Gasteiger partial charge is 0.480 e. The van der Waals surface area contributed by atoms with Crippen molar-refractivity contribution in [3.05, 3.63) is 11.1 Å². The van der Waals surface area contributed by atoms with Gasteiger partial charge in [0.05, 0.1) is 13.7 Å². The van der Waals surface area contributed by atoms with E-state index in [0.29, 0.717) is 0 Å². The summed E-state index contributed by atoms with van der Waals surface area (Å²) < 4.78 is 10.1. The molecule has 0 aliphatic heterocycles. The standard InChI is InChI=1S/C14H19N3O8S/c1-7(18)16-12-17-8(6-26-12)14(10(21)22,15-5-9(19)20)25-13(2,3)11(23)24-4/h6,15H,5H2,1-4H3,(H,19,20)(H,21,22)(H,16,17,18). The first-order chi connectivity index (χ1) is 11.9. The summed E-state index contributed by atoms with van der Waals surface area (Å²) in [5.41, 5.74) is -4.46. The second-order valence-electron chi connectivity index (χ2n) is 5.56. The average molecular weight is 389 g/mol. The van der Waals surface area contributed by atoms with Crippen LogP contribution in [0.3, 0.4) is 0 Å². The minimum Gasteiger partial charge on any atom is -0.480 e. The molecule has 1 rings (SSSR count). The van der Waals surface area contributed by atoms with E-state index in [4.69, 9.17) is 9.84 Å². The highest BCUT2D eigenvalue weighted by Gasteiger charge is 2.50. The zero-order valence-corrected chi connectivity index (χ0v) is 15.3. The molecular formula is C14H19N3O8S. The van der Waals surface area contributed by atoms with Crippen molar-refractivity contribution < 1.29 is 38.9 Å². The van der Waals surface area contributed by atoms with Crippen LogP contribution in [0, 0.1) is 0 Å². The molecule has 0 bridgehead atoms. The smallest absolute Gasteiger partial charge is 0.358 e. The summed E-state index contributed by atoms with van der Waals surface area (Å²) in [6.07, 6.45) is 0. The van der Waals surface area contributed by atoms with Gasteiger partial charge in [-0.15, -0.1) is 11.3 Å². The molecule has 12 heteroatoms. The lowest BCUT2D eigenvalue weighted by Gasteiger charge is -2.35. The molecule has 0 aliphatic carbocycles. The maximum Gasteiger partial charge on any atom is 0.358 e. The number of esters is 1. The van der Waals surface area contributed by atoms with Crippen LogP contribution in [0.5, 0.6) is 0 Å². The zero-order chi connectivity index (χ0) is 20.1. The molecule has 0 spiro atoms. The van der Waals surface area contributed by atoms with Crippen LogP contribution in [-0.4, -0.2) is 58.3 Å². The number of carboxylic acids is 2. The van der Waals surface area contributed by atoms with Crippen LogP contribution < -0.4 is 10.6 Å². The Labute approximate surface area is 152 Å². The second-order valence-corrected chi connectivity index (χ2v) is 6.41. The number of carbonyl (C=O) groups is 4. The highest BCUT2D eigenvalue weighted by molar-refractivity contribution is 7.14. The predicted octanol–water partition coefficient (Wildman–Crippen LogP) is -0.0187. The Morgan fingerprint density at radius 1 is 1.27 bits per heavy atom. The molecule has 1 aromatic heterocycles. The lowest BCUT2D eigenvalue weighted by atomic mass is 10.1. The van der Waals surface area contributed by atoms with Gasteiger partial charge in [-0.25, -0.2) is 14.6 Å². The molecule has 1 unspecified atom stereocenters. The Morgan fingerprint density at radius 3 is 2.35 bits per heavy atom. The lowest BCUT2D eigenvalue weighted by Crippen LogP contribution is -2.58. The summed E-state index contributed by atoms with van der Waals surface area (Å²) in [5, 5.41) is 24.6. The SMILES string of the molecule is COC(=O)C(C)(C)OC(NCC(=O)O)(C(=O)O)c1csc(NC(C)=O)n1. The minimum atomic E-state index is -2.47. The highest BCUT2D eigenvalue weighted by atomic mass is 32.1. The number of aromatic nitrogens is 1. The molecule has 1 amide bonds. The van der Waals surface area contributed by atoms with Crippen molar-refractivity contribution in [2.75, 3.05) is 19.0 Å². The third-order valence-corrected chi connectivity index (χ3v) is 3.78. The molecule has 0 radical (unpaired) electrons. The van der Waals surface area contributed by atoms with Crippen molar-refractivity contribution in [2.45, 2.75) is 32.1 Å². The predicted molar refractivity (Wildman–Crippen MR) is 88.6 cm³/mol. The van der Waals surface area contributed by atoms with Gasteiger partial charge in [0.1, 0.15) is 5.69 Å². The third-order valence-electron chi connectivity index (χ3n) is 3.02. The topological polar surface area (TPSA) is 164 Å². The van der Waals surface area contributed by atoms with E-state index in [0.717, 1.165) is 18.4 Å². The number of anilines is 1. The van der Waals surface area contributed by atoms with E-state index in [1.165, 1.54) is 26.2 Å². The van der Waals surface area contributed by atoms with Crippen molar-refractivity contribution in [1.29, 1.82) is 0 Å². The monoisotopic (exact) mass is 389 g/mol. The molecule has 144 valence electrons. The van der Waals surface area contributed by atoms with Gasteiger partial charge >= 0.3 is 17.9 Å². The van der Waals surface area contributed by atoms with Crippen molar-refractivity contribution in [1.82, 2.24) is 10.3 Å². The van der Waals surface area contributed by atoms with Crippen LogP contribution in [0.4, 0.5) is 5.13 Å². The van der Waals surface area contributed by atoms with Crippen LogP contribution >= 0.6 is 11.3 Å². The molecule has 4 N–H and O–H groups in total. The molecule has 1 atom stereocenters. The van der Waals surface area contributed by atoms with Crippen molar-refractivity contribution in [2.24, 2.45) is 0 Å². The van der Waals surface area contributed by atoms with Gasteiger partial charge in [0, 0.05) is 12.3 Å². The number of nitrogens with one attached hydrogen (secondary N) is 2. The first-order valence-electron chi connectivity index (χ1n) is 7.17. The number of carbonyl (C=O) groups excluding carboxylic acids is 2. The van der Waals surface area contributed by atoms with E-state index in [1.807, 2.05) is 0 Å². The highest BCUT2D eigenvalue weighted by Crippen LogP contribution is 2.32. The fraction of sp³-hybridized carbons (Fsp3) is 0.500. The molecular weight excluding hydrogens is 370 g/mol. The Bertz CT molecular complexity index is 717. The van der Waals surface area contributed by atoms with Crippen LogP contribution in [0.2, 0.25) is 0 Å². The Morgan fingerprint density at radius 2 is 1.88 bits per heavy atom. The number of nitrogens with zero attached hydrogens (tertiary/aromatic N) is 1. The summed E-state index contributed by atoms with van der Waals surface area (Å²) in [7, 11) is 1.10. The normalized spacial score (nSPS) is 13.5. The van der Waals surface area contributed by atoms with Gasteiger partial charge in [0.2, 0.25) is 5.91 Å². The molecule has 0 saturated heterocycles. The lowest BCUT2D eigenvalue weighted by molar-refractivity contribution is -0.211. The van der Waals surface area contributed by atoms with Crippen LogP contribution in [0.1, 0.15) is 26.5 Å². The van der Waals surface area contributed by atoms with Crippen LogP contribution in [0.25, 0.3) is 0 Å². The van der Waals surface area contributed by atoms with Gasteiger partial charge in [-0.3, -0.25) is 14.9 Å². The molecule has 1 aromatic rings. The van der Waals surface area contributed by atoms with Crippen molar-refractivity contribution in [3.8, 4) is 0 Å². The first-order valence-corrected chi connectivity index (χ1v) is 8.05. The summed E-state index contributed by atoms with van der Waals surface area (Å²) in [4.78, 5) is 49.9. The van der Waals surface area contributed by atoms with Gasteiger partial charge in [-0.2, -0.15) is 0 Å². The van der Waals surface area contributed by atoms with Crippen LogP contribution in [-0.2, 0) is 34.4 Å². The zero-order valence-electron chi connectivity index (χ0n) is 14.5. The molecule has 26 heavy (non-hydrogen) atoms. The summed E-state index contributed by atoms with van der Waals surface area (Å²) in [5.74, 6) is -4.29. The Balaban J connectivity index is 3.40. The van der Waals surface area contributed by atoms with Gasteiger partial charge in [0.25, 0.3) is 5.72 Å². The Kier molecular flexibility index (Phi) is 6.78. The minimum absolute atomic E-state index is 0.0784. The quantitative estimate of drug-likeness (QED) is 0.333. The summed E-state index contributed by atoms with van der Waals surface area (Å²) in [6.45, 7) is 2.97. The van der Waals surface area contributed by atoms with Gasteiger partial charge < -0.3 is 25.0 Å². The van der Waals surface area contributed by atoms with E-state index in [-0.39, 0.29) is 10.8 Å². The molecule has 0 aromatic carbocycles. The van der Waals surface area contributed by atoms with E-state index in [1.54, 1.807) is 0 Å². The van der Waals surface area contributed by atoms with Crippen molar-refractivity contribution in [3.63, 3.8) is 0 Å². The number of aliphatic carboxylic acids is 2. The second kappa shape index (κ2) is 8.21. The van der Waals surface area contributed by atoms with Crippen molar-refractivity contribution >= 4 is 40.3 Å². The fourth-order valence-electron chi connectivity index (χ4n) is 1.92. The third kappa shape index (κ3) is 4.97. The van der Waals surface area contributed by atoms with Gasteiger partial charge in [0.15, 0.2) is 10.7 Å².